The van der Waals surface area contributed by atoms with E-state index in [2.05, 4.69) is 0 Å². The van der Waals surface area contributed by atoms with Crippen LogP contribution in [0.4, 0.5) is 17.1 Å². The standard InChI is InChI=1S/C20H19N3O5/c1-2-6-16-17-18(28-22(16)14-7-4-3-5-8-14)20(25)21(19(17)24)13-9-11-15(12-10-13)23(26)27/h3-5,7-12,16-18H,2,6H2,1H3/t16-,17+,18-/m1/s1. The molecule has 8 nitrogen and oxygen atoms in total. The molecule has 8 heteroatoms. The lowest BCUT2D eigenvalue weighted by Gasteiger charge is -2.28. The van der Waals surface area contributed by atoms with Crippen molar-refractivity contribution in [2.75, 3.05) is 9.96 Å². The lowest BCUT2D eigenvalue weighted by Crippen LogP contribution is -2.40. The molecule has 2 fully saturated rings. The molecule has 0 bridgehead atoms. The third-order valence-electron chi connectivity index (χ3n) is 5.15. The predicted molar refractivity (Wildman–Crippen MR) is 102 cm³/mol. The fourth-order valence-electron chi connectivity index (χ4n) is 3.89. The lowest BCUT2D eigenvalue weighted by molar-refractivity contribution is -0.384. The maximum absolute atomic E-state index is 13.1. The number of hydrogen-bond donors (Lipinski definition) is 0. The molecule has 2 aromatic rings. The lowest BCUT2D eigenvalue weighted by atomic mass is 9.93. The van der Waals surface area contributed by atoms with Gasteiger partial charge in [-0.3, -0.25) is 24.5 Å². The summed E-state index contributed by atoms with van der Waals surface area (Å²) in [6.07, 6.45) is 0.641. The highest BCUT2D eigenvalue weighted by Gasteiger charge is 2.59. The highest BCUT2D eigenvalue weighted by Crippen LogP contribution is 2.41. The van der Waals surface area contributed by atoms with Crippen LogP contribution in [0.25, 0.3) is 0 Å². The third kappa shape index (κ3) is 2.82. The summed E-state index contributed by atoms with van der Waals surface area (Å²) in [6, 6.07) is 14.6. The number of hydrogen-bond acceptors (Lipinski definition) is 6. The summed E-state index contributed by atoms with van der Waals surface area (Å²) in [5.74, 6) is -1.38. The van der Waals surface area contributed by atoms with Crippen molar-refractivity contribution in [1.82, 2.24) is 0 Å². The largest absolute Gasteiger partial charge is 0.273 e. The highest BCUT2D eigenvalue weighted by molar-refractivity contribution is 6.23. The van der Waals surface area contributed by atoms with Crippen LogP contribution in [-0.4, -0.2) is 28.9 Å². The van der Waals surface area contributed by atoms with Crippen molar-refractivity contribution in [2.24, 2.45) is 5.92 Å². The first-order valence-corrected chi connectivity index (χ1v) is 9.16. The average molecular weight is 381 g/mol. The maximum Gasteiger partial charge on any atom is 0.269 e. The number of nitro groups is 1. The second-order valence-electron chi connectivity index (χ2n) is 6.85. The van der Waals surface area contributed by atoms with Gasteiger partial charge in [0.2, 0.25) is 5.91 Å². The van der Waals surface area contributed by atoms with E-state index in [1.807, 2.05) is 37.3 Å². The number of nitrogens with zero attached hydrogens (tertiary/aromatic N) is 3. The van der Waals surface area contributed by atoms with Crippen LogP contribution < -0.4 is 9.96 Å². The number of para-hydroxylation sites is 1. The Hall–Kier alpha value is -3.26. The number of imide groups is 1. The van der Waals surface area contributed by atoms with E-state index in [1.165, 1.54) is 24.3 Å². The van der Waals surface area contributed by atoms with Gasteiger partial charge in [-0.15, -0.1) is 0 Å². The molecule has 28 heavy (non-hydrogen) atoms. The second kappa shape index (κ2) is 7.05. The number of benzene rings is 2. The van der Waals surface area contributed by atoms with Crippen molar-refractivity contribution >= 4 is 28.9 Å². The Morgan fingerprint density at radius 2 is 1.68 bits per heavy atom. The molecule has 2 aliphatic rings. The minimum Gasteiger partial charge on any atom is -0.273 e. The van der Waals surface area contributed by atoms with Gasteiger partial charge in [0.25, 0.3) is 11.6 Å². The van der Waals surface area contributed by atoms with E-state index in [0.29, 0.717) is 12.1 Å². The number of hydroxylamine groups is 1. The minimum atomic E-state index is -0.889. The van der Waals surface area contributed by atoms with Crippen molar-refractivity contribution in [2.45, 2.75) is 31.9 Å². The molecule has 144 valence electrons. The van der Waals surface area contributed by atoms with Crippen LogP contribution in [0.3, 0.4) is 0 Å². The Morgan fingerprint density at radius 1 is 1.00 bits per heavy atom. The molecule has 0 N–H and O–H groups in total. The van der Waals surface area contributed by atoms with Crippen molar-refractivity contribution in [3.8, 4) is 0 Å². The van der Waals surface area contributed by atoms with Crippen LogP contribution in [0, 0.1) is 16.0 Å². The molecular formula is C20H19N3O5. The molecule has 4 rings (SSSR count). The van der Waals surface area contributed by atoms with E-state index < -0.39 is 22.9 Å². The van der Waals surface area contributed by atoms with Gasteiger partial charge in [-0.25, -0.2) is 9.96 Å². The van der Waals surface area contributed by atoms with E-state index in [-0.39, 0.29) is 17.6 Å². The quantitative estimate of drug-likeness (QED) is 0.449. The monoisotopic (exact) mass is 381 g/mol. The van der Waals surface area contributed by atoms with E-state index in [0.717, 1.165) is 17.0 Å². The van der Waals surface area contributed by atoms with Gasteiger partial charge in [0.15, 0.2) is 6.10 Å². The minimum absolute atomic E-state index is 0.0987. The van der Waals surface area contributed by atoms with Gasteiger partial charge in [0, 0.05) is 12.1 Å². The van der Waals surface area contributed by atoms with Crippen LogP contribution in [-0.2, 0) is 14.4 Å². The number of rotatable bonds is 5. The zero-order chi connectivity index (χ0) is 19.8. The van der Waals surface area contributed by atoms with Crippen LogP contribution in [0.15, 0.2) is 54.6 Å². The number of amides is 2. The van der Waals surface area contributed by atoms with Gasteiger partial charge in [-0.2, -0.15) is 0 Å². The molecule has 0 unspecified atom stereocenters. The van der Waals surface area contributed by atoms with Gasteiger partial charge in [0.05, 0.1) is 28.3 Å². The van der Waals surface area contributed by atoms with Gasteiger partial charge in [-0.1, -0.05) is 31.5 Å². The average Bonchev–Trinajstić information content (AvgIpc) is 3.19. The zero-order valence-corrected chi connectivity index (χ0v) is 15.2. The molecule has 3 atom stereocenters. The Bertz CT molecular complexity index is 915. The maximum atomic E-state index is 13.1. The fourth-order valence-corrected chi connectivity index (χ4v) is 3.89. The summed E-state index contributed by atoms with van der Waals surface area (Å²) in [5.41, 5.74) is 1.02. The summed E-state index contributed by atoms with van der Waals surface area (Å²) in [4.78, 5) is 43.5. The molecule has 0 saturated carbocycles. The highest BCUT2D eigenvalue weighted by atomic mass is 16.7. The Kier molecular flexibility index (Phi) is 4.56. The molecule has 0 radical (unpaired) electrons. The molecular weight excluding hydrogens is 362 g/mol. The van der Waals surface area contributed by atoms with Crippen LogP contribution >= 0.6 is 0 Å². The fraction of sp³-hybridized carbons (Fsp3) is 0.300. The first-order chi connectivity index (χ1) is 13.5. The molecule has 2 heterocycles. The summed E-state index contributed by atoms with van der Waals surface area (Å²) in [5, 5.41) is 12.5. The Balaban J connectivity index is 1.65. The van der Waals surface area contributed by atoms with Crippen LogP contribution in [0.1, 0.15) is 19.8 Å². The smallest absolute Gasteiger partial charge is 0.269 e. The third-order valence-corrected chi connectivity index (χ3v) is 5.15. The van der Waals surface area contributed by atoms with Gasteiger partial charge < -0.3 is 0 Å². The predicted octanol–water partition coefficient (Wildman–Crippen LogP) is 3.07. The van der Waals surface area contributed by atoms with Crippen molar-refractivity contribution < 1.29 is 19.3 Å². The normalized spacial score (nSPS) is 24.0. The van der Waals surface area contributed by atoms with Crippen molar-refractivity contribution in [3.63, 3.8) is 0 Å². The van der Waals surface area contributed by atoms with Crippen molar-refractivity contribution in [1.29, 1.82) is 0 Å². The topological polar surface area (TPSA) is 93.0 Å². The number of carbonyl (C=O) groups excluding carboxylic acids is 2. The summed E-state index contributed by atoms with van der Waals surface area (Å²) in [7, 11) is 0. The zero-order valence-electron chi connectivity index (χ0n) is 15.2. The molecule has 2 aromatic carbocycles. The molecule has 0 aromatic heterocycles. The van der Waals surface area contributed by atoms with E-state index in [9.17, 15) is 19.7 Å². The number of nitro benzene ring substituents is 1. The molecule has 2 saturated heterocycles. The van der Waals surface area contributed by atoms with E-state index in [1.54, 1.807) is 5.06 Å². The second-order valence-corrected chi connectivity index (χ2v) is 6.85. The van der Waals surface area contributed by atoms with Crippen LogP contribution in [0.5, 0.6) is 0 Å². The van der Waals surface area contributed by atoms with Gasteiger partial charge in [0.1, 0.15) is 0 Å². The Morgan fingerprint density at radius 3 is 2.29 bits per heavy atom. The summed E-state index contributed by atoms with van der Waals surface area (Å²) >= 11 is 0. The van der Waals surface area contributed by atoms with Gasteiger partial charge >= 0.3 is 0 Å². The molecule has 2 aliphatic heterocycles. The SMILES string of the molecule is CCC[C@@H]1[C@@H]2C(=O)N(c3ccc([N+](=O)[O-])cc3)C(=O)[C@@H]2ON1c1ccccc1. The number of fused-ring (bicyclic) bond motifs is 1. The van der Waals surface area contributed by atoms with Crippen molar-refractivity contribution in [3.05, 3.63) is 64.7 Å². The van der Waals surface area contributed by atoms with Gasteiger partial charge in [-0.05, 0) is 30.7 Å². The number of carbonyl (C=O) groups is 2. The van der Waals surface area contributed by atoms with E-state index >= 15 is 0 Å². The summed E-state index contributed by atoms with van der Waals surface area (Å²) in [6.45, 7) is 2.02. The number of anilines is 2. The Labute approximate surface area is 161 Å². The molecule has 0 spiro atoms. The van der Waals surface area contributed by atoms with Crippen LogP contribution in [0.2, 0.25) is 0 Å². The first kappa shape index (κ1) is 18.1. The molecule has 2 amide bonds. The first-order valence-electron chi connectivity index (χ1n) is 9.16. The van der Waals surface area contributed by atoms with E-state index in [4.69, 9.17) is 4.84 Å². The molecule has 0 aliphatic carbocycles. The summed E-state index contributed by atoms with van der Waals surface area (Å²) < 4.78 is 0. The number of non-ortho nitro benzene ring substituents is 1.